The summed E-state index contributed by atoms with van der Waals surface area (Å²) in [4.78, 5) is 10.5. The van der Waals surface area contributed by atoms with Crippen LogP contribution in [0, 0.1) is 0 Å². The van der Waals surface area contributed by atoms with Gasteiger partial charge in [0, 0.05) is 6.42 Å². The number of hydrazine groups is 1. The van der Waals surface area contributed by atoms with Crippen molar-refractivity contribution >= 4 is 11.9 Å². The second-order valence-electron chi connectivity index (χ2n) is 1.53. The van der Waals surface area contributed by atoms with E-state index < -0.39 is 0 Å². The summed E-state index contributed by atoms with van der Waals surface area (Å²) in [6.45, 7) is 1.71. The van der Waals surface area contributed by atoms with Gasteiger partial charge in [0.1, 0.15) is 0 Å². The number of rotatable bonds is 2. The molecule has 0 aliphatic heterocycles. The fourth-order valence-electron chi connectivity index (χ4n) is 0.234. The Kier molecular flexibility index (Phi) is 3.97. The highest BCUT2D eigenvalue weighted by Crippen LogP contribution is 1.72. The van der Waals surface area contributed by atoms with Crippen molar-refractivity contribution in [3.63, 3.8) is 0 Å². The lowest BCUT2D eigenvalue weighted by molar-refractivity contribution is -0.120. The first-order valence-electron chi connectivity index (χ1n) is 2.79. The summed E-state index contributed by atoms with van der Waals surface area (Å²) in [5, 5.41) is 3.37. The highest BCUT2D eigenvalue weighted by atomic mass is 16.2. The summed E-state index contributed by atoms with van der Waals surface area (Å²) < 4.78 is 0. The number of carbonyl (C=O) groups is 1. The van der Waals surface area contributed by atoms with Crippen LogP contribution in [0.15, 0.2) is 5.10 Å². The van der Waals surface area contributed by atoms with Crippen LogP contribution in [0.2, 0.25) is 0 Å². The van der Waals surface area contributed by atoms with Crippen LogP contribution in [0.4, 0.5) is 0 Å². The van der Waals surface area contributed by atoms with Crippen molar-refractivity contribution < 1.29 is 4.79 Å². The first-order chi connectivity index (χ1) is 4.70. The maximum absolute atomic E-state index is 10.5. The van der Waals surface area contributed by atoms with Gasteiger partial charge in [0.05, 0.1) is 0 Å². The summed E-state index contributed by atoms with van der Waals surface area (Å²) >= 11 is 0. The number of nitrogens with two attached hydrogens (primary N) is 2. The molecule has 0 rings (SSSR count). The van der Waals surface area contributed by atoms with Gasteiger partial charge >= 0.3 is 0 Å². The molecule has 0 aliphatic rings. The molecule has 0 saturated carbocycles. The number of hydrogen-bond donors (Lipinski definition) is 4. The molecule has 0 saturated heterocycles. The quantitative estimate of drug-likeness (QED) is 0.159. The van der Waals surface area contributed by atoms with Gasteiger partial charge in [-0.2, -0.15) is 0 Å². The van der Waals surface area contributed by atoms with Crippen LogP contribution < -0.4 is 22.4 Å². The second kappa shape index (κ2) is 4.57. The van der Waals surface area contributed by atoms with Crippen molar-refractivity contribution in [2.24, 2.45) is 16.7 Å². The predicted molar refractivity (Wildman–Crippen MR) is 37.4 cm³/mol. The fraction of sp³-hybridized carbons (Fsp3) is 0.500. The first-order valence-corrected chi connectivity index (χ1v) is 2.79. The minimum absolute atomic E-state index is 0.0261. The van der Waals surface area contributed by atoms with E-state index in [1.807, 2.05) is 0 Å². The van der Waals surface area contributed by atoms with E-state index in [0.717, 1.165) is 0 Å². The van der Waals surface area contributed by atoms with Crippen LogP contribution in [0.3, 0.4) is 0 Å². The average molecular weight is 145 g/mol. The van der Waals surface area contributed by atoms with Crippen LogP contribution in [0.25, 0.3) is 0 Å². The lowest BCUT2D eigenvalue weighted by Gasteiger charge is -1.97. The van der Waals surface area contributed by atoms with E-state index in [9.17, 15) is 4.79 Å². The molecule has 58 valence electrons. The maximum Gasteiger partial charge on any atom is 0.239 e. The van der Waals surface area contributed by atoms with E-state index >= 15 is 0 Å². The second-order valence-corrected chi connectivity index (χ2v) is 1.53. The molecule has 0 bridgehead atoms. The molecule has 0 heterocycles. The standard InChI is InChI=1S/C4H11N5O/c1-2-3(10)8-9-4(5)7-6/h2,6H2,1H3,(H,8,10)(H3,5,7,9). The molecular formula is C4H11N5O. The number of hydrogen-bond acceptors (Lipinski definition) is 3. The summed E-state index contributed by atoms with van der Waals surface area (Å²) in [5.41, 5.74) is 9.30. The number of carbonyl (C=O) groups excluding carboxylic acids is 1. The van der Waals surface area contributed by atoms with Crippen LogP contribution in [0.1, 0.15) is 13.3 Å². The smallest absolute Gasteiger partial charge is 0.239 e. The van der Waals surface area contributed by atoms with E-state index in [2.05, 4.69) is 16.0 Å². The zero-order valence-corrected chi connectivity index (χ0v) is 5.72. The minimum Gasteiger partial charge on any atom is -0.367 e. The number of amides is 1. The monoisotopic (exact) mass is 145 g/mol. The fourth-order valence-corrected chi connectivity index (χ4v) is 0.234. The van der Waals surface area contributed by atoms with Gasteiger partial charge in [-0.05, 0) is 0 Å². The highest BCUT2D eigenvalue weighted by molar-refractivity contribution is 5.81. The van der Waals surface area contributed by atoms with Gasteiger partial charge in [0.25, 0.3) is 0 Å². The van der Waals surface area contributed by atoms with Crippen molar-refractivity contribution in [3.05, 3.63) is 0 Å². The third kappa shape index (κ3) is 3.67. The van der Waals surface area contributed by atoms with Crippen LogP contribution in [-0.2, 0) is 4.79 Å². The first kappa shape index (κ1) is 8.70. The van der Waals surface area contributed by atoms with Crippen LogP contribution in [0.5, 0.6) is 0 Å². The Bertz CT molecular complexity index is 143. The lowest BCUT2D eigenvalue weighted by atomic mass is 10.5. The van der Waals surface area contributed by atoms with Gasteiger partial charge in [-0.15, -0.1) is 5.10 Å². The Balaban J connectivity index is 3.61. The zero-order valence-electron chi connectivity index (χ0n) is 5.72. The Morgan fingerprint density at radius 3 is 2.70 bits per heavy atom. The lowest BCUT2D eigenvalue weighted by Crippen LogP contribution is -2.39. The van der Waals surface area contributed by atoms with E-state index in [1.165, 1.54) is 0 Å². The molecule has 0 aromatic carbocycles. The SMILES string of the molecule is CCC(=O)NN=C(N)NN. The normalized spacial score (nSPS) is 10.8. The van der Waals surface area contributed by atoms with Crippen molar-refractivity contribution in [1.29, 1.82) is 0 Å². The number of guanidine groups is 1. The van der Waals surface area contributed by atoms with Gasteiger partial charge < -0.3 is 5.73 Å². The molecule has 0 spiro atoms. The van der Waals surface area contributed by atoms with Gasteiger partial charge in [-0.1, -0.05) is 6.92 Å². The molecule has 0 unspecified atom stereocenters. The molecule has 10 heavy (non-hydrogen) atoms. The zero-order chi connectivity index (χ0) is 7.98. The topological polar surface area (TPSA) is 106 Å². The van der Waals surface area contributed by atoms with Crippen molar-refractivity contribution in [2.75, 3.05) is 0 Å². The van der Waals surface area contributed by atoms with E-state index in [4.69, 9.17) is 11.6 Å². The van der Waals surface area contributed by atoms with E-state index in [1.54, 1.807) is 6.92 Å². The van der Waals surface area contributed by atoms with Gasteiger partial charge in [0.2, 0.25) is 11.9 Å². The van der Waals surface area contributed by atoms with Gasteiger partial charge in [-0.25, -0.2) is 11.3 Å². The highest BCUT2D eigenvalue weighted by Gasteiger charge is 1.92. The molecule has 0 radical (unpaired) electrons. The molecule has 0 atom stereocenters. The minimum atomic E-state index is -0.210. The maximum atomic E-state index is 10.5. The Hall–Kier alpha value is -1.30. The van der Waals surface area contributed by atoms with E-state index in [0.29, 0.717) is 6.42 Å². The predicted octanol–water partition coefficient (Wildman–Crippen LogP) is -1.79. The molecule has 0 aliphatic carbocycles. The summed E-state index contributed by atoms with van der Waals surface area (Å²) in [7, 11) is 0. The van der Waals surface area contributed by atoms with Gasteiger partial charge in [-0.3, -0.25) is 10.2 Å². The van der Waals surface area contributed by atoms with E-state index in [-0.39, 0.29) is 11.9 Å². The molecule has 6 nitrogen and oxygen atoms in total. The molecule has 6 heteroatoms. The third-order valence-corrected chi connectivity index (χ3v) is 0.770. The summed E-state index contributed by atoms with van der Waals surface area (Å²) in [6.07, 6.45) is 0.362. The van der Waals surface area contributed by atoms with Crippen molar-refractivity contribution in [3.8, 4) is 0 Å². The molecular weight excluding hydrogens is 134 g/mol. The Morgan fingerprint density at radius 2 is 2.30 bits per heavy atom. The molecule has 0 fully saturated rings. The van der Waals surface area contributed by atoms with Crippen molar-refractivity contribution in [1.82, 2.24) is 10.9 Å². The number of nitrogens with one attached hydrogen (secondary N) is 2. The molecule has 0 aromatic rings. The molecule has 1 amide bonds. The molecule has 6 N–H and O–H groups in total. The third-order valence-electron chi connectivity index (χ3n) is 0.770. The largest absolute Gasteiger partial charge is 0.367 e. The number of nitrogens with zero attached hydrogens (tertiary/aromatic N) is 1. The van der Waals surface area contributed by atoms with Crippen LogP contribution in [-0.4, -0.2) is 11.9 Å². The number of hydrazone groups is 1. The summed E-state index contributed by atoms with van der Waals surface area (Å²) in [6, 6.07) is 0. The van der Waals surface area contributed by atoms with Gasteiger partial charge in [0.15, 0.2) is 0 Å². The molecule has 0 aromatic heterocycles. The Labute approximate surface area is 58.6 Å². The van der Waals surface area contributed by atoms with Crippen molar-refractivity contribution in [2.45, 2.75) is 13.3 Å². The van der Waals surface area contributed by atoms with Crippen LogP contribution >= 0.6 is 0 Å². The average Bonchev–Trinajstić information content (AvgIpc) is 1.99. The Morgan fingerprint density at radius 1 is 1.70 bits per heavy atom. The summed E-state index contributed by atoms with van der Waals surface area (Å²) in [5.74, 6) is 4.61.